The van der Waals surface area contributed by atoms with Gasteiger partial charge < -0.3 is 10.6 Å². The zero-order valence-corrected chi connectivity index (χ0v) is 12.4. The Hall–Kier alpha value is -1.22. The molecule has 0 atom stereocenters. The minimum atomic E-state index is 0.848. The summed E-state index contributed by atoms with van der Waals surface area (Å²) in [6.45, 7) is 4.69. The Bertz CT molecular complexity index is 416. The van der Waals surface area contributed by atoms with Gasteiger partial charge >= 0.3 is 0 Å². The molecule has 3 rings (SSSR count). The number of nitrogens with zero attached hydrogens (tertiary/aromatic N) is 2. The summed E-state index contributed by atoms with van der Waals surface area (Å²) in [5.74, 6) is 0. The summed E-state index contributed by atoms with van der Waals surface area (Å²) in [5, 5.41) is 0. The van der Waals surface area contributed by atoms with Crippen molar-refractivity contribution < 1.29 is 0 Å². The van der Waals surface area contributed by atoms with Gasteiger partial charge in [0, 0.05) is 43.6 Å². The largest absolute Gasteiger partial charge is 0.399 e. The van der Waals surface area contributed by atoms with E-state index in [9.17, 15) is 0 Å². The molecule has 2 aliphatic rings. The van der Waals surface area contributed by atoms with E-state index in [-0.39, 0.29) is 0 Å². The predicted molar refractivity (Wildman–Crippen MR) is 86.1 cm³/mol. The molecule has 0 aromatic heterocycles. The first kappa shape index (κ1) is 13.7. The molecule has 2 N–H and O–H groups in total. The number of anilines is 2. The molecule has 1 aliphatic carbocycles. The van der Waals surface area contributed by atoms with E-state index >= 15 is 0 Å². The van der Waals surface area contributed by atoms with Gasteiger partial charge in [0.2, 0.25) is 0 Å². The number of nitrogen functional groups attached to an aromatic ring is 1. The van der Waals surface area contributed by atoms with Crippen LogP contribution in [0.3, 0.4) is 0 Å². The molecule has 1 saturated carbocycles. The molecule has 0 amide bonds. The summed E-state index contributed by atoms with van der Waals surface area (Å²) in [4.78, 5) is 5.21. The van der Waals surface area contributed by atoms with Crippen molar-refractivity contribution in [1.82, 2.24) is 4.90 Å². The van der Waals surface area contributed by atoms with Crippen molar-refractivity contribution >= 4 is 11.4 Å². The Balaban J connectivity index is 1.56. The van der Waals surface area contributed by atoms with E-state index in [0.29, 0.717) is 0 Å². The van der Waals surface area contributed by atoms with E-state index in [2.05, 4.69) is 28.0 Å². The van der Waals surface area contributed by atoms with Gasteiger partial charge in [0.05, 0.1) is 0 Å². The number of piperazine rings is 1. The first-order valence-corrected chi connectivity index (χ1v) is 8.17. The molecule has 1 aromatic carbocycles. The Labute approximate surface area is 122 Å². The third-order valence-corrected chi connectivity index (χ3v) is 4.89. The van der Waals surface area contributed by atoms with Gasteiger partial charge in [-0.2, -0.15) is 0 Å². The Morgan fingerprint density at radius 1 is 0.900 bits per heavy atom. The predicted octanol–water partition coefficient (Wildman–Crippen LogP) is 3.11. The maximum atomic E-state index is 5.89. The average molecular weight is 273 g/mol. The first-order chi connectivity index (χ1) is 9.83. The van der Waals surface area contributed by atoms with Crippen LogP contribution >= 0.6 is 0 Å². The number of benzene rings is 1. The zero-order valence-electron chi connectivity index (χ0n) is 12.4. The molecule has 0 unspecified atom stereocenters. The highest BCUT2D eigenvalue weighted by atomic mass is 15.3. The summed E-state index contributed by atoms with van der Waals surface area (Å²) >= 11 is 0. The number of hydrogen-bond donors (Lipinski definition) is 1. The van der Waals surface area contributed by atoms with Crippen LogP contribution in [0.25, 0.3) is 0 Å². The fourth-order valence-electron chi connectivity index (χ4n) is 3.69. The summed E-state index contributed by atoms with van der Waals surface area (Å²) < 4.78 is 0. The van der Waals surface area contributed by atoms with Crippen LogP contribution in [0, 0.1) is 0 Å². The number of nitrogens with two attached hydrogens (primary N) is 1. The molecule has 3 heteroatoms. The highest BCUT2D eigenvalue weighted by Crippen LogP contribution is 2.25. The van der Waals surface area contributed by atoms with Crippen molar-refractivity contribution in [2.24, 2.45) is 0 Å². The highest BCUT2D eigenvalue weighted by Gasteiger charge is 2.24. The van der Waals surface area contributed by atoms with E-state index in [0.717, 1.165) is 24.8 Å². The lowest BCUT2D eigenvalue weighted by molar-refractivity contribution is 0.169. The fourth-order valence-corrected chi connectivity index (χ4v) is 3.69. The van der Waals surface area contributed by atoms with Crippen LogP contribution in [0.2, 0.25) is 0 Å². The summed E-state index contributed by atoms with van der Waals surface area (Å²) in [7, 11) is 0. The first-order valence-electron chi connectivity index (χ1n) is 8.17. The van der Waals surface area contributed by atoms with Crippen molar-refractivity contribution in [1.29, 1.82) is 0 Å². The molecule has 1 aromatic rings. The van der Waals surface area contributed by atoms with Crippen LogP contribution in [-0.4, -0.2) is 37.1 Å². The highest BCUT2D eigenvalue weighted by molar-refractivity contribution is 5.56. The quantitative estimate of drug-likeness (QED) is 0.664. The van der Waals surface area contributed by atoms with E-state index in [1.807, 2.05) is 6.07 Å². The van der Waals surface area contributed by atoms with E-state index < -0.39 is 0 Å². The van der Waals surface area contributed by atoms with Crippen molar-refractivity contribution in [3.8, 4) is 0 Å². The summed E-state index contributed by atoms with van der Waals surface area (Å²) in [5.41, 5.74) is 8.04. The topological polar surface area (TPSA) is 32.5 Å². The number of rotatable bonds is 2. The summed E-state index contributed by atoms with van der Waals surface area (Å²) in [6, 6.07) is 9.15. The van der Waals surface area contributed by atoms with Crippen molar-refractivity contribution in [3.63, 3.8) is 0 Å². The minimum Gasteiger partial charge on any atom is -0.399 e. The van der Waals surface area contributed by atoms with Crippen molar-refractivity contribution in [3.05, 3.63) is 24.3 Å². The molecule has 3 nitrogen and oxygen atoms in total. The van der Waals surface area contributed by atoms with Gasteiger partial charge in [-0.25, -0.2) is 0 Å². The van der Waals surface area contributed by atoms with Crippen LogP contribution in [0.4, 0.5) is 11.4 Å². The van der Waals surface area contributed by atoms with Gasteiger partial charge in [0.15, 0.2) is 0 Å². The average Bonchev–Trinajstić information content (AvgIpc) is 2.76. The van der Waals surface area contributed by atoms with Gasteiger partial charge in [-0.05, 0) is 31.0 Å². The number of hydrogen-bond acceptors (Lipinski definition) is 3. The molecule has 0 bridgehead atoms. The lowest BCUT2D eigenvalue weighted by Crippen LogP contribution is -2.50. The van der Waals surface area contributed by atoms with Crippen molar-refractivity contribution in [2.75, 3.05) is 36.8 Å². The second kappa shape index (κ2) is 6.49. The molecule has 110 valence electrons. The molecular formula is C17H27N3. The van der Waals surface area contributed by atoms with Crippen LogP contribution in [0.15, 0.2) is 24.3 Å². The van der Waals surface area contributed by atoms with Gasteiger partial charge in [-0.3, -0.25) is 4.90 Å². The molecule has 1 aliphatic heterocycles. The lowest BCUT2D eigenvalue weighted by Gasteiger charge is -2.40. The third kappa shape index (κ3) is 3.26. The normalized spacial score (nSPS) is 22.7. The lowest BCUT2D eigenvalue weighted by atomic mass is 10.1. The monoisotopic (exact) mass is 273 g/mol. The Morgan fingerprint density at radius 3 is 2.25 bits per heavy atom. The molecule has 2 fully saturated rings. The smallest absolute Gasteiger partial charge is 0.0387 e. The minimum absolute atomic E-state index is 0.848. The standard InChI is InChI=1S/C17H27N3/c18-15-6-5-9-17(14-15)20-12-10-19(11-13-20)16-7-3-1-2-4-8-16/h5-6,9,14,16H,1-4,7-8,10-13,18H2. The maximum Gasteiger partial charge on any atom is 0.0387 e. The molecule has 20 heavy (non-hydrogen) atoms. The van der Waals surface area contributed by atoms with Crippen LogP contribution in [0.5, 0.6) is 0 Å². The fraction of sp³-hybridized carbons (Fsp3) is 0.647. The molecule has 0 spiro atoms. The van der Waals surface area contributed by atoms with Gasteiger partial charge in [-0.1, -0.05) is 31.7 Å². The van der Waals surface area contributed by atoms with Gasteiger partial charge in [0.1, 0.15) is 0 Å². The molecule has 1 heterocycles. The molecule has 1 saturated heterocycles. The molecule has 0 radical (unpaired) electrons. The Morgan fingerprint density at radius 2 is 1.60 bits per heavy atom. The van der Waals surface area contributed by atoms with E-state index in [4.69, 9.17) is 5.73 Å². The molecular weight excluding hydrogens is 246 g/mol. The van der Waals surface area contributed by atoms with E-state index in [1.165, 1.54) is 57.3 Å². The Kier molecular flexibility index (Phi) is 4.46. The summed E-state index contributed by atoms with van der Waals surface area (Å²) in [6.07, 6.45) is 8.58. The van der Waals surface area contributed by atoms with Crippen LogP contribution < -0.4 is 10.6 Å². The van der Waals surface area contributed by atoms with Crippen LogP contribution in [0.1, 0.15) is 38.5 Å². The van der Waals surface area contributed by atoms with Gasteiger partial charge in [0.25, 0.3) is 0 Å². The van der Waals surface area contributed by atoms with Crippen molar-refractivity contribution in [2.45, 2.75) is 44.6 Å². The van der Waals surface area contributed by atoms with Crippen LogP contribution in [-0.2, 0) is 0 Å². The third-order valence-electron chi connectivity index (χ3n) is 4.89. The second-order valence-corrected chi connectivity index (χ2v) is 6.26. The van der Waals surface area contributed by atoms with Gasteiger partial charge in [-0.15, -0.1) is 0 Å². The maximum absolute atomic E-state index is 5.89. The second-order valence-electron chi connectivity index (χ2n) is 6.26. The SMILES string of the molecule is Nc1cccc(N2CCN(C3CCCCCC3)CC2)c1. The zero-order chi connectivity index (χ0) is 13.8. The van der Waals surface area contributed by atoms with E-state index in [1.54, 1.807) is 0 Å².